The Labute approximate surface area is 105 Å². The van der Waals surface area contributed by atoms with Crippen LogP contribution < -0.4 is 15.8 Å². The standard InChI is InChI=1S/C14H15FN2O/c1-18-12-5-6-14(13(16)8-12)17-9-10-3-2-4-11(15)7-10/h2-8,17H,9,16H2,1H3. The number of halogens is 1. The lowest BCUT2D eigenvalue weighted by Crippen LogP contribution is -2.02. The lowest BCUT2D eigenvalue weighted by atomic mass is 10.2. The minimum absolute atomic E-state index is 0.239. The third-order valence-corrected chi connectivity index (χ3v) is 2.63. The minimum Gasteiger partial charge on any atom is -0.497 e. The number of nitrogens with two attached hydrogens (primary N) is 1. The first kappa shape index (κ1) is 12.2. The maximum absolute atomic E-state index is 13.0. The molecule has 2 aromatic carbocycles. The molecule has 0 atom stereocenters. The molecule has 4 heteroatoms. The third kappa shape index (κ3) is 2.91. The summed E-state index contributed by atoms with van der Waals surface area (Å²) in [6, 6.07) is 11.9. The average Bonchev–Trinajstić information content (AvgIpc) is 2.37. The third-order valence-electron chi connectivity index (χ3n) is 2.63. The quantitative estimate of drug-likeness (QED) is 0.815. The van der Waals surface area contributed by atoms with Crippen LogP contribution in [0.3, 0.4) is 0 Å². The van der Waals surface area contributed by atoms with Gasteiger partial charge in [0, 0.05) is 12.6 Å². The Hall–Kier alpha value is -2.23. The lowest BCUT2D eigenvalue weighted by molar-refractivity contribution is 0.415. The van der Waals surface area contributed by atoms with E-state index in [0.29, 0.717) is 18.0 Å². The molecule has 94 valence electrons. The number of nitrogen functional groups attached to an aromatic ring is 1. The van der Waals surface area contributed by atoms with Crippen molar-refractivity contribution in [2.75, 3.05) is 18.2 Å². The van der Waals surface area contributed by atoms with Crippen LogP contribution in [0.15, 0.2) is 42.5 Å². The van der Waals surface area contributed by atoms with E-state index in [0.717, 1.165) is 11.3 Å². The molecule has 2 rings (SSSR count). The minimum atomic E-state index is -0.239. The number of ether oxygens (including phenoxy) is 1. The van der Waals surface area contributed by atoms with E-state index in [4.69, 9.17) is 10.5 Å². The Morgan fingerprint density at radius 2 is 2.06 bits per heavy atom. The van der Waals surface area contributed by atoms with E-state index in [1.54, 1.807) is 19.2 Å². The summed E-state index contributed by atoms with van der Waals surface area (Å²) in [5.74, 6) is 0.473. The number of rotatable bonds is 4. The molecule has 0 aliphatic rings. The van der Waals surface area contributed by atoms with Gasteiger partial charge < -0.3 is 15.8 Å². The van der Waals surface area contributed by atoms with Crippen molar-refractivity contribution in [3.8, 4) is 5.75 Å². The van der Waals surface area contributed by atoms with Crippen molar-refractivity contribution < 1.29 is 9.13 Å². The Morgan fingerprint density at radius 1 is 1.22 bits per heavy atom. The van der Waals surface area contributed by atoms with Gasteiger partial charge in [0.15, 0.2) is 0 Å². The number of nitrogens with one attached hydrogen (secondary N) is 1. The fourth-order valence-corrected chi connectivity index (χ4v) is 1.67. The van der Waals surface area contributed by atoms with E-state index in [1.165, 1.54) is 12.1 Å². The SMILES string of the molecule is COc1ccc(NCc2cccc(F)c2)c(N)c1. The first-order valence-electron chi connectivity index (χ1n) is 5.61. The summed E-state index contributed by atoms with van der Waals surface area (Å²) in [5, 5.41) is 3.16. The van der Waals surface area contributed by atoms with Gasteiger partial charge in [-0.2, -0.15) is 0 Å². The van der Waals surface area contributed by atoms with E-state index in [2.05, 4.69) is 5.32 Å². The number of methoxy groups -OCH3 is 1. The molecular formula is C14H15FN2O. The molecule has 0 aliphatic carbocycles. The van der Waals surface area contributed by atoms with E-state index >= 15 is 0 Å². The highest BCUT2D eigenvalue weighted by Crippen LogP contribution is 2.24. The fourth-order valence-electron chi connectivity index (χ4n) is 1.67. The molecule has 0 bridgehead atoms. The second kappa shape index (κ2) is 5.40. The molecule has 3 N–H and O–H groups in total. The summed E-state index contributed by atoms with van der Waals surface area (Å²) in [6.45, 7) is 0.522. The molecule has 0 spiro atoms. The fraction of sp³-hybridized carbons (Fsp3) is 0.143. The van der Waals surface area contributed by atoms with Crippen LogP contribution in [-0.2, 0) is 6.54 Å². The molecule has 0 aromatic heterocycles. The van der Waals surface area contributed by atoms with Crippen LogP contribution in [0.25, 0.3) is 0 Å². The summed E-state index contributed by atoms with van der Waals surface area (Å²) in [7, 11) is 1.59. The Kier molecular flexibility index (Phi) is 3.67. The van der Waals surface area contributed by atoms with E-state index < -0.39 is 0 Å². The van der Waals surface area contributed by atoms with Crippen molar-refractivity contribution in [2.24, 2.45) is 0 Å². The van der Waals surface area contributed by atoms with Crippen LogP contribution in [0, 0.1) is 5.82 Å². The van der Waals surface area contributed by atoms with Crippen molar-refractivity contribution in [3.63, 3.8) is 0 Å². The van der Waals surface area contributed by atoms with E-state index in [9.17, 15) is 4.39 Å². The van der Waals surface area contributed by atoms with Crippen LogP contribution in [0.2, 0.25) is 0 Å². The van der Waals surface area contributed by atoms with Gasteiger partial charge >= 0.3 is 0 Å². The normalized spacial score (nSPS) is 10.1. The summed E-state index contributed by atoms with van der Waals surface area (Å²) in [6.07, 6.45) is 0. The zero-order valence-electron chi connectivity index (χ0n) is 10.1. The van der Waals surface area contributed by atoms with E-state index in [-0.39, 0.29) is 5.82 Å². The van der Waals surface area contributed by atoms with Crippen LogP contribution >= 0.6 is 0 Å². The second-order valence-corrected chi connectivity index (χ2v) is 3.94. The van der Waals surface area contributed by atoms with Gasteiger partial charge in [-0.15, -0.1) is 0 Å². The number of anilines is 2. The Bertz CT molecular complexity index is 543. The number of hydrogen-bond acceptors (Lipinski definition) is 3. The molecule has 0 radical (unpaired) electrons. The van der Waals surface area contributed by atoms with Gasteiger partial charge in [-0.05, 0) is 29.8 Å². The molecule has 0 saturated heterocycles. The molecule has 18 heavy (non-hydrogen) atoms. The van der Waals surface area contributed by atoms with Gasteiger partial charge in [-0.1, -0.05) is 12.1 Å². The predicted octanol–water partition coefficient (Wildman–Crippen LogP) is 3.03. The highest BCUT2D eigenvalue weighted by molar-refractivity contribution is 5.68. The molecular weight excluding hydrogens is 231 g/mol. The molecule has 0 aliphatic heterocycles. The monoisotopic (exact) mass is 246 g/mol. The average molecular weight is 246 g/mol. The van der Waals surface area contributed by atoms with Crippen molar-refractivity contribution in [2.45, 2.75) is 6.54 Å². The van der Waals surface area contributed by atoms with Gasteiger partial charge in [0.05, 0.1) is 18.5 Å². The summed E-state index contributed by atoms with van der Waals surface area (Å²) < 4.78 is 18.1. The zero-order valence-corrected chi connectivity index (χ0v) is 10.1. The van der Waals surface area contributed by atoms with E-state index in [1.807, 2.05) is 18.2 Å². The molecule has 0 saturated carbocycles. The molecule has 0 heterocycles. The number of hydrogen-bond donors (Lipinski definition) is 2. The Balaban J connectivity index is 2.06. The molecule has 0 fully saturated rings. The number of benzene rings is 2. The highest BCUT2D eigenvalue weighted by Gasteiger charge is 2.01. The largest absolute Gasteiger partial charge is 0.497 e. The topological polar surface area (TPSA) is 47.3 Å². The zero-order chi connectivity index (χ0) is 13.0. The second-order valence-electron chi connectivity index (χ2n) is 3.94. The van der Waals surface area contributed by atoms with Gasteiger partial charge in [0.2, 0.25) is 0 Å². The van der Waals surface area contributed by atoms with Crippen molar-refractivity contribution in [1.29, 1.82) is 0 Å². The lowest BCUT2D eigenvalue weighted by Gasteiger charge is -2.10. The van der Waals surface area contributed by atoms with Crippen LogP contribution in [-0.4, -0.2) is 7.11 Å². The smallest absolute Gasteiger partial charge is 0.123 e. The predicted molar refractivity (Wildman–Crippen MR) is 71.1 cm³/mol. The maximum atomic E-state index is 13.0. The maximum Gasteiger partial charge on any atom is 0.123 e. The van der Waals surface area contributed by atoms with Crippen LogP contribution in [0.5, 0.6) is 5.75 Å². The Morgan fingerprint density at radius 3 is 2.72 bits per heavy atom. The molecule has 0 amide bonds. The van der Waals surface area contributed by atoms with Crippen molar-refractivity contribution in [1.82, 2.24) is 0 Å². The molecule has 0 unspecified atom stereocenters. The van der Waals surface area contributed by atoms with Gasteiger partial charge in [-0.3, -0.25) is 0 Å². The molecule has 3 nitrogen and oxygen atoms in total. The summed E-state index contributed by atoms with van der Waals surface area (Å²) in [5.41, 5.74) is 8.15. The molecule has 2 aromatic rings. The van der Waals surface area contributed by atoms with Gasteiger partial charge in [0.1, 0.15) is 11.6 Å². The highest BCUT2D eigenvalue weighted by atomic mass is 19.1. The van der Waals surface area contributed by atoms with Gasteiger partial charge in [0.25, 0.3) is 0 Å². The van der Waals surface area contributed by atoms with Crippen LogP contribution in [0.4, 0.5) is 15.8 Å². The first-order valence-corrected chi connectivity index (χ1v) is 5.61. The van der Waals surface area contributed by atoms with Crippen LogP contribution in [0.1, 0.15) is 5.56 Å². The summed E-state index contributed by atoms with van der Waals surface area (Å²) >= 11 is 0. The van der Waals surface area contributed by atoms with Crippen molar-refractivity contribution in [3.05, 3.63) is 53.8 Å². The van der Waals surface area contributed by atoms with Crippen molar-refractivity contribution >= 4 is 11.4 Å². The first-order chi connectivity index (χ1) is 8.69. The van der Waals surface area contributed by atoms with Gasteiger partial charge in [-0.25, -0.2) is 4.39 Å². The summed E-state index contributed by atoms with van der Waals surface area (Å²) in [4.78, 5) is 0.